The van der Waals surface area contributed by atoms with E-state index in [-0.39, 0.29) is 18.0 Å². The molecule has 0 fully saturated rings. The van der Waals surface area contributed by atoms with Gasteiger partial charge in [0.1, 0.15) is 5.75 Å². The van der Waals surface area contributed by atoms with Crippen molar-refractivity contribution in [2.45, 2.75) is 6.04 Å². The van der Waals surface area contributed by atoms with Crippen molar-refractivity contribution in [1.29, 1.82) is 0 Å². The smallest absolute Gasteiger partial charge is 0.287 e. The summed E-state index contributed by atoms with van der Waals surface area (Å²) in [4.78, 5) is 31.1. The molecule has 1 unspecified atom stereocenters. The second-order valence-corrected chi connectivity index (χ2v) is 5.41. The maximum atomic E-state index is 12.4. The number of aromatic amines is 1. The van der Waals surface area contributed by atoms with Crippen LogP contribution in [-0.4, -0.2) is 34.7 Å². The van der Waals surface area contributed by atoms with Gasteiger partial charge in [-0.1, -0.05) is 24.3 Å². The largest absolute Gasteiger partial charge is 0.497 e. The van der Waals surface area contributed by atoms with Gasteiger partial charge >= 0.3 is 0 Å². The van der Waals surface area contributed by atoms with Crippen molar-refractivity contribution in [3.63, 3.8) is 0 Å². The number of methoxy groups -OCH3 is 1. The maximum Gasteiger partial charge on any atom is 0.287 e. The van der Waals surface area contributed by atoms with Gasteiger partial charge in [0.05, 0.1) is 30.7 Å². The first-order valence-corrected chi connectivity index (χ1v) is 7.67. The lowest BCUT2D eigenvalue weighted by atomic mass is 10.1. The molecule has 1 heterocycles. The van der Waals surface area contributed by atoms with E-state index in [1.807, 2.05) is 0 Å². The summed E-state index contributed by atoms with van der Waals surface area (Å²) in [6, 6.07) is 13.1. The molecule has 0 saturated carbocycles. The van der Waals surface area contributed by atoms with E-state index in [0.717, 1.165) is 0 Å². The van der Waals surface area contributed by atoms with Gasteiger partial charge in [-0.3, -0.25) is 9.59 Å². The van der Waals surface area contributed by atoms with Crippen molar-refractivity contribution in [2.75, 3.05) is 13.7 Å². The van der Waals surface area contributed by atoms with E-state index in [1.54, 1.807) is 55.6 Å². The average molecular weight is 339 g/mol. The normalized spacial score (nSPS) is 11.9. The molecule has 0 bridgehead atoms. The highest BCUT2D eigenvalue weighted by molar-refractivity contribution is 5.92. The highest BCUT2D eigenvalue weighted by Crippen LogP contribution is 2.17. The van der Waals surface area contributed by atoms with Crippen LogP contribution < -0.4 is 15.6 Å². The summed E-state index contributed by atoms with van der Waals surface area (Å²) in [5.41, 5.74) is 0.752. The molecule has 0 aliphatic heterocycles. The molecule has 0 aliphatic carbocycles. The number of fused-ring (bicyclic) bond motifs is 1. The Kier molecular flexibility index (Phi) is 4.76. The van der Waals surface area contributed by atoms with Crippen LogP contribution in [0.25, 0.3) is 10.9 Å². The average Bonchev–Trinajstić information content (AvgIpc) is 2.66. The molecule has 1 atom stereocenters. The van der Waals surface area contributed by atoms with Gasteiger partial charge in [-0.25, -0.2) is 4.98 Å². The van der Waals surface area contributed by atoms with Gasteiger partial charge in [0.2, 0.25) is 0 Å². The molecule has 7 nitrogen and oxygen atoms in total. The zero-order valence-electron chi connectivity index (χ0n) is 13.5. The Morgan fingerprint density at radius 2 is 1.96 bits per heavy atom. The van der Waals surface area contributed by atoms with Crippen molar-refractivity contribution >= 4 is 16.8 Å². The monoisotopic (exact) mass is 339 g/mol. The lowest BCUT2D eigenvalue weighted by molar-refractivity contribution is 0.0905. The third-order valence-corrected chi connectivity index (χ3v) is 3.83. The number of aliphatic hydroxyl groups is 1. The summed E-state index contributed by atoms with van der Waals surface area (Å²) in [7, 11) is 1.56. The molecule has 3 aromatic rings. The van der Waals surface area contributed by atoms with Crippen LogP contribution >= 0.6 is 0 Å². The number of rotatable bonds is 5. The second-order valence-electron chi connectivity index (χ2n) is 5.41. The van der Waals surface area contributed by atoms with Gasteiger partial charge < -0.3 is 20.1 Å². The summed E-state index contributed by atoms with van der Waals surface area (Å²) in [6.07, 6.45) is 0. The van der Waals surface area contributed by atoms with E-state index in [2.05, 4.69) is 15.3 Å². The summed E-state index contributed by atoms with van der Waals surface area (Å²) < 4.78 is 5.09. The van der Waals surface area contributed by atoms with Gasteiger partial charge in [0.25, 0.3) is 11.5 Å². The molecule has 0 saturated heterocycles. The first-order valence-electron chi connectivity index (χ1n) is 7.67. The number of carbonyl (C=O) groups excluding carboxylic acids is 1. The van der Waals surface area contributed by atoms with Crippen molar-refractivity contribution < 1.29 is 14.6 Å². The predicted molar refractivity (Wildman–Crippen MR) is 92.7 cm³/mol. The van der Waals surface area contributed by atoms with E-state index < -0.39 is 11.9 Å². The summed E-state index contributed by atoms with van der Waals surface area (Å²) >= 11 is 0. The number of nitrogens with one attached hydrogen (secondary N) is 2. The standard InChI is InChI=1S/C18H17N3O4/c1-25-12-8-6-11(7-9-12)15(10-22)20-18(24)16-19-14-5-3-2-4-13(14)17(23)21-16/h2-9,15,22H,10H2,1H3,(H,20,24)(H,19,21,23). The van der Waals surface area contributed by atoms with E-state index in [4.69, 9.17) is 4.74 Å². The molecule has 128 valence electrons. The minimum absolute atomic E-state index is 0.101. The molecule has 7 heteroatoms. The van der Waals surface area contributed by atoms with E-state index in [1.165, 1.54) is 0 Å². The third kappa shape index (κ3) is 3.51. The highest BCUT2D eigenvalue weighted by atomic mass is 16.5. The van der Waals surface area contributed by atoms with Crippen LogP contribution in [0.4, 0.5) is 0 Å². The molecular weight excluding hydrogens is 322 g/mol. The summed E-state index contributed by atoms with van der Waals surface area (Å²) in [5, 5.41) is 12.7. The molecule has 0 radical (unpaired) electrons. The Hall–Kier alpha value is -3.19. The van der Waals surface area contributed by atoms with Crippen LogP contribution in [0.5, 0.6) is 5.75 Å². The molecule has 1 amide bonds. The fourth-order valence-corrected chi connectivity index (χ4v) is 2.49. The fraction of sp³-hybridized carbons (Fsp3) is 0.167. The van der Waals surface area contributed by atoms with Crippen LogP contribution in [-0.2, 0) is 0 Å². The first kappa shape index (κ1) is 16.7. The van der Waals surface area contributed by atoms with Gasteiger partial charge in [-0.2, -0.15) is 0 Å². The molecular formula is C18H17N3O4. The summed E-state index contributed by atoms with van der Waals surface area (Å²) in [6.45, 7) is -0.296. The molecule has 25 heavy (non-hydrogen) atoms. The van der Waals surface area contributed by atoms with Crippen molar-refractivity contribution in [3.8, 4) is 5.75 Å². The third-order valence-electron chi connectivity index (χ3n) is 3.83. The number of amides is 1. The van der Waals surface area contributed by atoms with Crippen molar-refractivity contribution in [1.82, 2.24) is 15.3 Å². The van der Waals surface area contributed by atoms with Crippen molar-refractivity contribution in [3.05, 3.63) is 70.3 Å². The topological polar surface area (TPSA) is 104 Å². The van der Waals surface area contributed by atoms with E-state index >= 15 is 0 Å². The van der Waals surface area contributed by atoms with E-state index in [0.29, 0.717) is 22.2 Å². The number of benzene rings is 2. The number of H-pyrrole nitrogens is 1. The predicted octanol–water partition coefficient (Wildman–Crippen LogP) is 1.40. The first-order chi connectivity index (χ1) is 12.1. The van der Waals surface area contributed by atoms with Gasteiger partial charge in [-0.05, 0) is 29.8 Å². The summed E-state index contributed by atoms with van der Waals surface area (Å²) in [5.74, 6) is 0.000625. The molecule has 3 rings (SSSR count). The van der Waals surface area contributed by atoms with Gasteiger partial charge in [-0.15, -0.1) is 0 Å². The number of carbonyl (C=O) groups is 1. The Bertz CT molecular complexity index is 950. The lowest BCUT2D eigenvalue weighted by Crippen LogP contribution is -2.33. The SMILES string of the molecule is COc1ccc(C(CO)NC(=O)c2nc3ccccc3c(=O)[nH]2)cc1. The molecule has 0 aliphatic rings. The van der Waals surface area contributed by atoms with Crippen LogP contribution in [0.1, 0.15) is 22.2 Å². The minimum Gasteiger partial charge on any atom is -0.497 e. The second kappa shape index (κ2) is 7.14. The highest BCUT2D eigenvalue weighted by Gasteiger charge is 2.17. The molecule has 3 N–H and O–H groups in total. The molecule has 2 aromatic carbocycles. The quantitative estimate of drug-likeness (QED) is 0.652. The van der Waals surface area contributed by atoms with Crippen LogP contribution in [0.15, 0.2) is 53.3 Å². The van der Waals surface area contributed by atoms with Crippen molar-refractivity contribution in [2.24, 2.45) is 0 Å². The number of hydrogen-bond acceptors (Lipinski definition) is 5. The van der Waals surface area contributed by atoms with Crippen LogP contribution in [0.3, 0.4) is 0 Å². The molecule has 0 spiro atoms. The van der Waals surface area contributed by atoms with Crippen LogP contribution in [0, 0.1) is 0 Å². The van der Waals surface area contributed by atoms with Gasteiger partial charge in [0.15, 0.2) is 5.82 Å². The zero-order chi connectivity index (χ0) is 17.8. The Labute approximate surface area is 143 Å². The maximum absolute atomic E-state index is 12.4. The number of hydrogen-bond donors (Lipinski definition) is 3. The van der Waals surface area contributed by atoms with Crippen LogP contribution in [0.2, 0.25) is 0 Å². The Morgan fingerprint density at radius 1 is 1.24 bits per heavy atom. The number of aromatic nitrogens is 2. The number of aliphatic hydroxyl groups excluding tert-OH is 1. The van der Waals surface area contributed by atoms with Gasteiger partial charge in [0, 0.05) is 0 Å². The lowest BCUT2D eigenvalue weighted by Gasteiger charge is -2.16. The number of nitrogens with zero attached hydrogens (tertiary/aromatic N) is 1. The molecule has 1 aromatic heterocycles. The zero-order valence-corrected chi connectivity index (χ0v) is 13.5. The Morgan fingerprint density at radius 3 is 2.64 bits per heavy atom. The minimum atomic E-state index is -0.629. The Balaban J connectivity index is 1.85. The number of para-hydroxylation sites is 1. The van der Waals surface area contributed by atoms with E-state index in [9.17, 15) is 14.7 Å². The number of ether oxygens (including phenoxy) is 1. The fourth-order valence-electron chi connectivity index (χ4n) is 2.49.